The zero-order chi connectivity index (χ0) is 18.8. The molecule has 1 fully saturated rings. The van der Waals surface area contributed by atoms with Crippen molar-refractivity contribution in [1.82, 2.24) is 9.55 Å². The SMILES string of the molecule is O=C(Nc1ccc(Cl)cc1)c1ccc(-n2cnc(NC(=O)C3CC3)c2)cc1. The highest BCUT2D eigenvalue weighted by atomic mass is 35.5. The van der Waals surface area contributed by atoms with Crippen LogP contribution in [0.1, 0.15) is 23.2 Å². The van der Waals surface area contributed by atoms with Gasteiger partial charge in [0.05, 0.1) is 6.20 Å². The third-order valence-electron chi connectivity index (χ3n) is 4.31. The van der Waals surface area contributed by atoms with E-state index in [2.05, 4.69) is 15.6 Å². The van der Waals surface area contributed by atoms with Crippen LogP contribution in [0.4, 0.5) is 11.5 Å². The van der Waals surface area contributed by atoms with Crippen molar-refractivity contribution in [3.05, 3.63) is 71.6 Å². The number of halogens is 1. The molecule has 0 radical (unpaired) electrons. The lowest BCUT2D eigenvalue weighted by Gasteiger charge is -2.07. The molecule has 0 bridgehead atoms. The number of imidazole rings is 1. The monoisotopic (exact) mass is 380 g/mol. The number of hydrogen-bond donors (Lipinski definition) is 2. The number of nitrogens with zero attached hydrogens (tertiary/aromatic N) is 2. The Kier molecular flexibility index (Phi) is 4.64. The van der Waals surface area contributed by atoms with E-state index in [-0.39, 0.29) is 17.7 Å². The van der Waals surface area contributed by atoms with Crippen molar-refractivity contribution in [3.63, 3.8) is 0 Å². The Bertz CT molecular complexity index is 976. The number of benzene rings is 2. The van der Waals surface area contributed by atoms with Crippen LogP contribution in [0.5, 0.6) is 0 Å². The largest absolute Gasteiger partial charge is 0.322 e. The zero-order valence-electron chi connectivity index (χ0n) is 14.4. The van der Waals surface area contributed by atoms with Crippen molar-refractivity contribution in [2.24, 2.45) is 5.92 Å². The first-order chi connectivity index (χ1) is 13.1. The highest BCUT2D eigenvalue weighted by molar-refractivity contribution is 6.30. The number of amides is 2. The van der Waals surface area contributed by atoms with Crippen molar-refractivity contribution in [1.29, 1.82) is 0 Å². The van der Waals surface area contributed by atoms with Gasteiger partial charge in [-0.25, -0.2) is 4.98 Å². The van der Waals surface area contributed by atoms with Crippen molar-refractivity contribution in [3.8, 4) is 5.69 Å². The van der Waals surface area contributed by atoms with E-state index >= 15 is 0 Å². The maximum Gasteiger partial charge on any atom is 0.255 e. The molecule has 27 heavy (non-hydrogen) atoms. The summed E-state index contributed by atoms with van der Waals surface area (Å²) in [6.45, 7) is 0. The van der Waals surface area contributed by atoms with Crippen LogP contribution in [0.15, 0.2) is 61.1 Å². The molecular formula is C20H17ClN4O2. The Labute approximate surface area is 161 Å². The summed E-state index contributed by atoms with van der Waals surface area (Å²) in [5.74, 6) is 0.478. The number of aromatic nitrogens is 2. The number of nitrogens with one attached hydrogen (secondary N) is 2. The predicted molar refractivity (Wildman–Crippen MR) is 104 cm³/mol. The zero-order valence-corrected chi connectivity index (χ0v) is 15.1. The molecule has 0 aliphatic heterocycles. The van der Waals surface area contributed by atoms with Gasteiger partial charge in [-0.15, -0.1) is 0 Å². The van der Waals surface area contributed by atoms with Crippen LogP contribution in [0, 0.1) is 5.92 Å². The average Bonchev–Trinajstić information content (AvgIpc) is 3.43. The fourth-order valence-electron chi connectivity index (χ4n) is 2.62. The molecule has 1 aliphatic rings. The molecule has 6 nitrogen and oxygen atoms in total. The summed E-state index contributed by atoms with van der Waals surface area (Å²) in [6.07, 6.45) is 5.28. The molecule has 1 heterocycles. The number of hydrogen-bond acceptors (Lipinski definition) is 3. The van der Waals surface area contributed by atoms with Crippen molar-refractivity contribution >= 4 is 34.9 Å². The summed E-state index contributed by atoms with van der Waals surface area (Å²) in [5, 5.41) is 6.25. The van der Waals surface area contributed by atoms with Crippen molar-refractivity contribution < 1.29 is 9.59 Å². The van der Waals surface area contributed by atoms with E-state index in [1.165, 1.54) is 0 Å². The molecule has 4 rings (SSSR count). The second-order valence-electron chi connectivity index (χ2n) is 6.44. The topological polar surface area (TPSA) is 76.0 Å². The summed E-state index contributed by atoms with van der Waals surface area (Å²) in [5.41, 5.74) is 2.06. The van der Waals surface area contributed by atoms with E-state index in [0.717, 1.165) is 18.5 Å². The maximum atomic E-state index is 12.3. The van der Waals surface area contributed by atoms with Crippen LogP contribution >= 0.6 is 11.6 Å². The van der Waals surface area contributed by atoms with Gasteiger partial charge in [0.2, 0.25) is 5.91 Å². The van der Waals surface area contributed by atoms with Crippen LogP contribution in [0.25, 0.3) is 5.69 Å². The Balaban J connectivity index is 1.42. The molecule has 136 valence electrons. The fraction of sp³-hybridized carbons (Fsp3) is 0.150. The molecule has 7 heteroatoms. The molecule has 0 unspecified atom stereocenters. The highest BCUT2D eigenvalue weighted by Crippen LogP contribution is 2.30. The minimum absolute atomic E-state index is 0.0227. The summed E-state index contributed by atoms with van der Waals surface area (Å²) in [4.78, 5) is 28.3. The lowest BCUT2D eigenvalue weighted by Crippen LogP contribution is -2.13. The minimum Gasteiger partial charge on any atom is -0.322 e. The first-order valence-electron chi connectivity index (χ1n) is 8.61. The second-order valence-corrected chi connectivity index (χ2v) is 6.87. The van der Waals surface area contributed by atoms with E-state index in [0.29, 0.717) is 22.1 Å². The number of anilines is 2. The minimum atomic E-state index is -0.202. The van der Waals surface area contributed by atoms with Crippen LogP contribution < -0.4 is 10.6 Å². The molecule has 2 N–H and O–H groups in total. The molecule has 0 spiro atoms. The van der Waals surface area contributed by atoms with E-state index in [1.54, 1.807) is 53.5 Å². The number of carbonyl (C=O) groups is 2. The van der Waals surface area contributed by atoms with Gasteiger partial charge in [-0.1, -0.05) is 11.6 Å². The van der Waals surface area contributed by atoms with E-state index in [1.807, 2.05) is 12.1 Å². The number of rotatable bonds is 5. The van der Waals surface area contributed by atoms with E-state index in [4.69, 9.17) is 11.6 Å². The quantitative estimate of drug-likeness (QED) is 0.698. The molecule has 0 atom stereocenters. The summed E-state index contributed by atoms with van der Waals surface area (Å²) in [7, 11) is 0. The van der Waals surface area contributed by atoms with Crippen LogP contribution in [-0.2, 0) is 4.79 Å². The van der Waals surface area contributed by atoms with Crippen molar-refractivity contribution in [2.75, 3.05) is 10.6 Å². The Morgan fingerprint density at radius 2 is 1.70 bits per heavy atom. The van der Waals surface area contributed by atoms with Crippen molar-refractivity contribution in [2.45, 2.75) is 12.8 Å². The van der Waals surface area contributed by atoms with E-state index in [9.17, 15) is 9.59 Å². The van der Waals surface area contributed by atoms with Crippen LogP contribution in [0.2, 0.25) is 5.02 Å². The second kappa shape index (κ2) is 7.25. The molecule has 1 saturated carbocycles. The van der Waals surface area contributed by atoms with Gasteiger partial charge in [0.25, 0.3) is 5.91 Å². The van der Waals surface area contributed by atoms with E-state index < -0.39 is 0 Å². The lowest BCUT2D eigenvalue weighted by atomic mass is 10.2. The first kappa shape index (κ1) is 17.3. The molecule has 1 aliphatic carbocycles. The summed E-state index contributed by atoms with van der Waals surface area (Å²) in [6, 6.07) is 14.1. The Hall–Kier alpha value is -3.12. The standard InChI is InChI=1S/C20H17ClN4O2/c21-15-5-7-16(8-6-15)23-19(26)14-3-9-17(10-4-14)25-11-18(22-12-25)24-20(27)13-1-2-13/h3-13H,1-2H2,(H,23,26)(H,24,27). The smallest absolute Gasteiger partial charge is 0.255 e. The van der Waals surface area contributed by atoms with Gasteiger partial charge < -0.3 is 15.2 Å². The lowest BCUT2D eigenvalue weighted by molar-refractivity contribution is -0.117. The summed E-state index contributed by atoms with van der Waals surface area (Å²) >= 11 is 5.85. The molecule has 0 saturated heterocycles. The Morgan fingerprint density at radius 3 is 2.37 bits per heavy atom. The highest BCUT2D eigenvalue weighted by Gasteiger charge is 2.29. The van der Waals surface area contributed by atoms with Crippen LogP contribution in [-0.4, -0.2) is 21.4 Å². The van der Waals surface area contributed by atoms with Gasteiger partial charge in [-0.3, -0.25) is 9.59 Å². The predicted octanol–water partition coefficient (Wildman–Crippen LogP) is 4.13. The Morgan fingerprint density at radius 1 is 1.00 bits per heavy atom. The molecule has 2 amide bonds. The third-order valence-corrected chi connectivity index (χ3v) is 4.56. The molecular weight excluding hydrogens is 364 g/mol. The average molecular weight is 381 g/mol. The van der Waals surface area contributed by atoms with Gasteiger partial charge in [0.1, 0.15) is 6.33 Å². The third kappa shape index (κ3) is 4.17. The molecule has 3 aromatic rings. The van der Waals surface area contributed by atoms with Gasteiger partial charge in [0, 0.05) is 27.9 Å². The van der Waals surface area contributed by atoms with Crippen LogP contribution in [0.3, 0.4) is 0 Å². The van der Waals surface area contributed by atoms with Gasteiger partial charge in [0.15, 0.2) is 5.82 Å². The van der Waals surface area contributed by atoms with Gasteiger partial charge in [-0.05, 0) is 61.4 Å². The first-order valence-corrected chi connectivity index (χ1v) is 8.98. The van der Waals surface area contributed by atoms with Gasteiger partial charge >= 0.3 is 0 Å². The number of carbonyl (C=O) groups excluding carboxylic acids is 2. The maximum absolute atomic E-state index is 12.3. The molecule has 1 aromatic heterocycles. The molecule has 2 aromatic carbocycles. The normalized spacial score (nSPS) is 13.2. The van der Waals surface area contributed by atoms with Gasteiger partial charge in [-0.2, -0.15) is 0 Å². The summed E-state index contributed by atoms with van der Waals surface area (Å²) < 4.78 is 1.80. The fourth-order valence-corrected chi connectivity index (χ4v) is 2.75.